The molecule has 4 rings (SSSR count). The van der Waals surface area contributed by atoms with Gasteiger partial charge < -0.3 is 15.1 Å². The van der Waals surface area contributed by atoms with Gasteiger partial charge in [-0.3, -0.25) is 9.59 Å². The quantitative estimate of drug-likeness (QED) is 0.734. The summed E-state index contributed by atoms with van der Waals surface area (Å²) in [5.41, 5.74) is 2.79. The predicted octanol–water partition coefficient (Wildman–Crippen LogP) is 2.81. The SMILES string of the molecule is O=C(O)[C@@H]1CN(C(=O)c2cc(-c3ccccc3)nc3ccccc23)CC[C@H]1O. The molecule has 28 heavy (non-hydrogen) atoms. The number of hydrogen-bond donors (Lipinski definition) is 2. The first-order chi connectivity index (χ1) is 13.5. The third kappa shape index (κ3) is 3.34. The molecule has 0 radical (unpaired) electrons. The van der Waals surface area contributed by atoms with E-state index >= 15 is 0 Å². The number of aliphatic carboxylic acids is 1. The molecule has 0 bridgehead atoms. The summed E-state index contributed by atoms with van der Waals surface area (Å²) < 4.78 is 0. The van der Waals surface area contributed by atoms with E-state index in [0.717, 1.165) is 10.9 Å². The van der Waals surface area contributed by atoms with Crippen LogP contribution in [0.25, 0.3) is 22.2 Å². The summed E-state index contributed by atoms with van der Waals surface area (Å²) >= 11 is 0. The van der Waals surface area contributed by atoms with Crippen molar-refractivity contribution in [1.82, 2.24) is 9.88 Å². The Bertz CT molecular complexity index is 1040. The largest absolute Gasteiger partial charge is 0.481 e. The van der Waals surface area contributed by atoms with Gasteiger partial charge in [0.2, 0.25) is 0 Å². The maximum absolute atomic E-state index is 13.3. The van der Waals surface area contributed by atoms with Crippen LogP contribution in [0.15, 0.2) is 60.7 Å². The van der Waals surface area contributed by atoms with Crippen LogP contribution in [0.3, 0.4) is 0 Å². The fourth-order valence-corrected chi connectivity index (χ4v) is 3.65. The first kappa shape index (κ1) is 18.1. The number of hydrogen-bond acceptors (Lipinski definition) is 4. The summed E-state index contributed by atoms with van der Waals surface area (Å²) in [5, 5.41) is 20.0. The fraction of sp³-hybridized carbons (Fsp3) is 0.227. The zero-order chi connectivity index (χ0) is 19.7. The number of carbonyl (C=O) groups is 2. The molecule has 0 unspecified atom stereocenters. The predicted molar refractivity (Wildman–Crippen MR) is 105 cm³/mol. The van der Waals surface area contributed by atoms with Gasteiger partial charge in [-0.1, -0.05) is 48.5 Å². The van der Waals surface area contributed by atoms with Gasteiger partial charge in [-0.15, -0.1) is 0 Å². The Balaban J connectivity index is 1.77. The zero-order valence-corrected chi connectivity index (χ0v) is 15.2. The molecule has 2 heterocycles. The van der Waals surface area contributed by atoms with Gasteiger partial charge in [0.05, 0.1) is 22.9 Å². The smallest absolute Gasteiger partial charge is 0.310 e. The van der Waals surface area contributed by atoms with Crippen LogP contribution in [0, 0.1) is 5.92 Å². The van der Waals surface area contributed by atoms with Crippen LogP contribution in [-0.4, -0.2) is 51.2 Å². The lowest BCUT2D eigenvalue weighted by Crippen LogP contribution is -2.48. The van der Waals surface area contributed by atoms with Gasteiger partial charge in [-0.25, -0.2) is 4.98 Å². The molecule has 142 valence electrons. The zero-order valence-electron chi connectivity index (χ0n) is 15.2. The number of pyridine rings is 1. The molecule has 2 N–H and O–H groups in total. The highest BCUT2D eigenvalue weighted by molar-refractivity contribution is 6.07. The summed E-state index contributed by atoms with van der Waals surface area (Å²) in [7, 11) is 0. The van der Waals surface area contributed by atoms with Gasteiger partial charge in [-0.2, -0.15) is 0 Å². The number of aliphatic hydroxyl groups excluding tert-OH is 1. The molecule has 1 aliphatic heterocycles. The maximum atomic E-state index is 13.3. The number of carboxylic acids is 1. The van der Waals surface area contributed by atoms with Crippen LogP contribution in [0.5, 0.6) is 0 Å². The second kappa shape index (κ2) is 7.40. The molecule has 1 aliphatic rings. The van der Waals surface area contributed by atoms with Crippen molar-refractivity contribution in [2.75, 3.05) is 13.1 Å². The minimum Gasteiger partial charge on any atom is -0.481 e. The van der Waals surface area contributed by atoms with E-state index in [4.69, 9.17) is 0 Å². The topological polar surface area (TPSA) is 90.7 Å². The van der Waals surface area contributed by atoms with Crippen molar-refractivity contribution in [3.8, 4) is 11.3 Å². The molecule has 3 aromatic rings. The molecule has 1 saturated heterocycles. The van der Waals surface area contributed by atoms with E-state index in [1.54, 1.807) is 6.07 Å². The molecule has 2 aromatic carbocycles. The minimum absolute atomic E-state index is 0.00729. The van der Waals surface area contributed by atoms with E-state index in [0.29, 0.717) is 23.3 Å². The van der Waals surface area contributed by atoms with Gasteiger partial charge in [0.15, 0.2) is 0 Å². The first-order valence-corrected chi connectivity index (χ1v) is 9.20. The highest BCUT2D eigenvalue weighted by Crippen LogP contribution is 2.27. The number of carbonyl (C=O) groups excluding carboxylic acids is 1. The average Bonchev–Trinajstić information content (AvgIpc) is 2.73. The van der Waals surface area contributed by atoms with Crippen molar-refractivity contribution in [3.05, 3.63) is 66.2 Å². The lowest BCUT2D eigenvalue weighted by Gasteiger charge is -2.34. The van der Waals surface area contributed by atoms with Gasteiger partial charge in [0.1, 0.15) is 5.92 Å². The van der Waals surface area contributed by atoms with Crippen molar-refractivity contribution < 1.29 is 19.8 Å². The van der Waals surface area contributed by atoms with Crippen LogP contribution >= 0.6 is 0 Å². The number of aromatic nitrogens is 1. The summed E-state index contributed by atoms with van der Waals surface area (Å²) in [6.45, 7) is 0.313. The van der Waals surface area contributed by atoms with Crippen molar-refractivity contribution in [3.63, 3.8) is 0 Å². The Morgan fingerprint density at radius 1 is 1.04 bits per heavy atom. The van der Waals surface area contributed by atoms with Gasteiger partial charge >= 0.3 is 5.97 Å². The van der Waals surface area contributed by atoms with E-state index in [1.807, 2.05) is 54.6 Å². The Morgan fingerprint density at radius 3 is 2.50 bits per heavy atom. The molecule has 0 spiro atoms. The highest BCUT2D eigenvalue weighted by atomic mass is 16.4. The summed E-state index contributed by atoms with van der Waals surface area (Å²) in [6, 6.07) is 18.8. The number of benzene rings is 2. The monoisotopic (exact) mass is 376 g/mol. The van der Waals surface area contributed by atoms with Crippen molar-refractivity contribution in [2.24, 2.45) is 5.92 Å². The van der Waals surface area contributed by atoms with Crippen molar-refractivity contribution >= 4 is 22.8 Å². The summed E-state index contributed by atoms with van der Waals surface area (Å²) in [5.74, 6) is -2.30. The summed E-state index contributed by atoms with van der Waals surface area (Å²) in [6.07, 6.45) is -0.687. The first-order valence-electron chi connectivity index (χ1n) is 9.20. The lowest BCUT2D eigenvalue weighted by molar-refractivity contribution is -0.148. The number of amides is 1. The Hall–Kier alpha value is -3.25. The van der Waals surface area contributed by atoms with E-state index in [9.17, 15) is 19.8 Å². The van der Waals surface area contributed by atoms with E-state index in [1.165, 1.54) is 4.90 Å². The van der Waals surface area contributed by atoms with Crippen LogP contribution < -0.4 is 0 Å². The number of likely N-dealkylation sites (tertiary alicyclic amines) is 1. The average molecular weight is 376 g/mol. The molecule has 6 heteroatoms. The van der Waals surface area contributed by atoms with E-state index in [2.05, 4.69) is 4.98 Å². The van der Waals surface area contributed by atoms with E-state index in [-0.39, 0.29) is 18.9 Å². The van der Waals surface area contributed by atoms with Crippen LogP contribution in [-0.2, 0) is 4.79 Å². The number of carboxylic acid groups (broad SMARTS) is 1. The van der Waals surface area contributed by atoms with Gasteiger partial charge in [0.25, 0.3) is 5.91 Å². The molecule has 6 nitrogen and oxygen atoms in total. The molecule has 1 amide bonds. The Labute approximate surface area is 162 Å². The molecule has 0 aliphatic carbocycles. The number of fused-ring (bicyclic) bond motifs is 1. The molecule has 2 atom stereocenters. The van der Waals surface area contributed by atoms with Crippen molar-refractivity contribution in [1.29, 1.82) is 0 Å². The highest BCUT2D eigenvalue weighted by Gasteiger charge is 2.35. The minimum atomic E-state index is -1.09. The van der Waals surface area contributed by atoms with Crippen molar-refractivity contribution in [2.45, 2.75) is 12.5 Å². The molecule has 0 saturated carbocycles. The van der Waals surface area contributed by atoms with Crippen LogP contribution in [0.2, 0.25) is 0 Å². The second-order valence-corrected chi connectivity index (χ2v) is 6.99. The molecule has 1 fully saturated rings. The fourth-order valence-electron chi connectivity index (χ4n) is 3.65. The van der Waals surface area contributed by atoms with Crippen LogP contribution in [0.4, 0.5) is 0 Å². The third-order valence-corrected chi connectivity index (χ3v) is 5.20. The maximum Gasteiger partial charge on any atom is 0.310 e. The van der Waals surface area contributed by atoms with Gasteiger partial charge in [0, 0.05) is 24.0 Å². The van der Waals surface area contributed by atoms with Gasteiger partial charge in [-0.05, 0) is 18.6 Å². The second-order valence-electron chi connectivity index (χ2n) is 6.99. The molecular formula is C22H20N2O4. The third-order valence-electron chi connectivity index (χ3n) is 5.20. The molecular weight excluding hydrogens is 356 g/mol. The summed E-state index contributed by atoms with van der Waals surface area (Å²) in [4.78, 5) is 30.9. The van der Waals surface area contributed by atoms with E-state index < -0.39 is 18.0 Å². The Morgan fingerprint density at radius 2 is 1.75 bits per heavy atom. The standard InChI is InChI=1S/C22H20N2O4/c25-20-10-11-24(13-17(20)22(27)28)21(26)16-12-19(14-6-2-1-3-7-14)23-18-9-5-4-8-15(16)18/h1-9,12,17,20,25H,10-11,13H2,(H,27,28)/t17-,20-/m1/s1. The number of aliphatic hydroxyl groups is 1. The lowest BCUT2D eigenvalue weighted by atomic mass is 9.94. The number of rotatable bonds is 3. The Kier molecular flexibility index (Phi) is 4.79. The number of para-hydroxylation sites is 1. The number of piperidine rings is 1. The normalized spacial score (nSPS) is 19.5. The molecule has 1 aromatic heterocycles. The van der Waals surface area contributed by atoms with Crippen LogP contribution in [0.1, 0.15) is 16.8 Å². The number of nitrogens with zero attached hydrogens (tertiary/aromatic N) is 2.